The summed E-state index contributed by atoms with van der Waals surface area (Å²) in [6.07, 6.45) is 10.4. The molecule has 0 amide bonds. The van der Waals surface area contributed by atoms with E-state index in [0.29, 0.717) is 23.5 Å². The summed E-state index contributed by atoms with van der Waals surface area (Å²) in [7, 11) is 0. The predicted molar refractivity (Wildman–Crippen MR) is 205 cm³/mol. The van der Waals surface area contributed by atoms with Crippen LogP contribution in [-0.4, -0.2) is 9.13 Å². The van der Waals surface area contributed by atoms with Gasteiger partial charge in [0.2, 0.25) is 0 Å². The molecule has 0 aliphatic heterocycles. The third-order valence-electron chi connectivity index (χ3n) is 10.4. The molecule has 2 heterocycles. The van der Waals surface area contributed by atoms with E-state index in [2.05, 4.69) is 119 Å². The van der Waals surface area contributed by atoms with Crippen molar-refractivity contribution in [1.82, 2.24) is 9.13 Å². The van der Waals surface area contributed by atoms with Crippen LogP contribution in [0.2, 0.25) is 0 Å². The number of hydrogen-bond acceptors (Lipinski definition) is 3. The third-order valence-corrected chi connectivity index (χ3v) is 10.4. The van der Waals surface area contributed by atoms with Crippen LogP contribution in [0.15, 0.2) is 127 Å². The lowest BCUT2D eigenvalue weighted by Crippen LogP contribution is -2.07. The van der Waals surface area contributed by atoms with Crippen molar-refractivity contribution in [2.75, 3.05) is 0 Å². The molecular formula is C46H31N5. The zero-order valence-corrected chi connectivity index (χ0v) is 28.0. The maximum absolute atomic E-state index is 10.1. The van der Waals surface area contributed by atoms with E-state index in [9.17, 15) is 15.8 Å². The Bertz CT molecular complexity index is 2820. The Hall–Kier alpha value is -6.87. The van der Waals surface area contributed by atoms with Gasteiger partial charge in [-0.25, -0.2) is 0 Å². The number of rotatable bonds is 4. The first-order valence-electron chi connectivity index (χ1n) is 17.3. The lowest BCUT2D eigenvalue weighted by atomic mass is 9.83. The Morgan fingerprint density at radius 1 is 0.706 bits per heavy atom. The molecule has 9 rings (SSSR count). The minimum Gasteiger partial charge on any atom is -0.310 e. The number of fused-ring (bicyclic) bond motifs is 6. The summed E-state index contributed by atoms with van der Waals surface area (Å²) in [5.41, 5.74) is 12.9. The summed E-state index contributed by atoms with van der Waals surface area (Å²) >= 11 is 0. The topological polar surface area (TPSA) is 81.2 Å². The van der Waals surface area contributed by atoms with Crippen LogP contribution < -0.4 is 0 Å². The van der Waals surface area contributed by atoms with Crippen molar-refractivity contribution in [3.8, 4) is 29.6 Å². The number of allylic oxidation sites excluding steroid dienone is 5. The first-order valence-corrected chi connectivity index (χ1v) is 17.3. The molecule has 2 aromatic heterocycles. The largest absolute Gasteiger partial charge is 0.310 e. The fraction of sp³-hybridized carbons (Fsp3) is 0.109. The highest BCUT2D eigenvalue weighted by Gasteiger charge is 2.25. The van der Waals surface area contributed by atoms with E-state index in [4.69, 9.17) is 0 Å². The molecule has 0 saturated heterocycles. The SMILES string of the molecule is CC1C=C(c2cccc(-n3c4c(c5ccccc53)CC(C#N)C=C4)c2)C(c2cc(C#N)ccc2-n2c3ccccc3c3c(C#N)cccc32)=CC1. The van der Waals surface area contributed by atoms with Crippen LogP contribution >= 0.6 is 0 Å². The summed E-state index contributed by atoms with van der Waals surface area (Å²) in [6.45, 7) is 2.24. The fourth-order valence-electron chi connectivity index (χ4n) is 8.14. The van der Waals surface area contributed by atoms with Gasteiger partial charge in [0.05, 0.1) is 57.5 Å². The van der Waals surface area contributed by atoms with E-state index in [0.717, 1.165) is 73.1 Å². The average Bonchev–Trinajstić information content (AvgIpc) is 3.70. The Morgan fingerprint density at radius 2 is 1.47 bits per heavy atom. The summed E-state index contributed by atoms with van der Waals surface area (Å²) in [4.78, 5) is 0. The highest BCUT2D eigenvalue weighted by atomic mass is 15.0. The van der Waals surface area contributed by atoms with E-state index < -0.39 is 0 Å². The minimum absolute atomic E-state index is 0.135. The summed E-state index contributed by atoms with van der Waals surface area (Å²) in [5, 5.41) is 33.1. The van der Waals surface area contributed by atoms with Crippen molar-refractivity contribution < 1.29 is 0 Å². The number of benzene rings is 5. The van der Waals surface area contributed by atoms with Crippen LogP contribution in [0.1, 0.15) is 46.9 Å². The van der Waals surface area contributed by atoms with Gasteiger partial charge in [0.1, 0.15) is 0 Å². The van der Waals surface area contributed by atoms with Gasteiger partial charge in [-0.15, -0.1) is 0 Å². The van der Waals surface area contributed by atoms with Gasteiger partial charge in [0.15, 0.2) is 0 Å². The molecule has 51 heavy (non-hydrogen) atoms. The van der Waals surface area contributed by atoms with Crippen molar-refractivity contribution >= 4 is 49.9 Å². The number of hydrogen-bond donors (Lipinski definition) is 0. The van der Waals surface area contributed by atoms with Gasteiger partial charge in [0, 0.05) is 33.1 Å². The zero-order chi connectivity index (χ0) is 34.6. The van der Waals surface area contributed by atoms with Crippen LogP contribution in [0.25, 0.3) is 61.3 Å². The van der Waals surface area contributed by atoms with E-state index in [-0.39, 0.29) is 5.92 Å². The molecule has 0 fully saturated rings. The van der Waals surface area contributed by atoms with E-state index in [1.807, 2.05) is 48.5 Å². The van der Waals surface area contributed by atoms with Gasteiger partial charge in [-0.3, -0.25) is 0 Å². The second kappa shape index (κ2) is 11.9. The Balaban J connectivity index is 1.25. The highest BCUT2D eigenvalue weighted by molar-refractivity contribution is 6.13. The van der Waals surface area contributed by atoms with E-state index in [1.165, 1.54) is 10.9 Å². The molecule has 5 nitrogen and oxygen atoms in total. The molecule has 240 valence electrons. The number of nitriles is 3. The summed E-state index contributed by atoms with van der Waals surface area (Å²) in [5.74, 6) is 0.191. The van der Waals surface area contributed by atoms with Crippen molar-refractivity contribution in [2.45, 2.75) is 19.8 Å². The number of aromatic nitrogens is 2. The van der Waals surface area contributed by atoms with Crippen LogP contribution in [0.5, 0.6) is 0 Å². The normalized spacial score (nSPS) is 16.7. The van der Waals surface area contributed by atoms with Crippen LogP contribution in [0.4, 0.5) is 0 Å². The van der Waals surface area contributed by atoms with Crippen LogP contribution in [0, 0.1) is 45.8 Å². The van der Waals surface area contributed by atoms with Gasteiger partial charge in [0.25, 0.3) is 0 Å². The molecule has 2 aliphatic carbocycles. The molecule has 0 spiro atoms. The quantitative estimate of drug-likeness (QED) is 0.190. The molecule has 2 atom stereocenters. The van der Waals surface area contributed by atoms with Gasteiger partial charge in [-0.1, -0.05) is 79.7 Å². The lowest BCUT2D eigenvalue weighted by Gasteiger charge is -2.24. The second-order valence-electron chi connectivity index (χ2n) is 13.5. The van der Waals surface area contributed by atoms with Crippen LogP contribution in [0.3, 0.4) is 0 Å². The van der Waals surface area contributed by atoms with Crippen LogP contribution in [-0.2, 0) is 6.42 Å². The number of para-hydroxylation sites is 2. The summed E-state index contributed by atoms with van der Waals surface area (Å²) < 4.78 is 4.56. The van der Waals surface area contributed by atoms with Gasteiger partial charge >= 0.3 is 0 Å². The molecule has 5 aromatic carbocycles. The highest BCUT2D eigenvalue weighted by Crippen LogP contribution is 2.43. The molecule has 0 saturated carbocycles. The van der Waals surface area contributed by atoms with Gasteiger partial charge in [-0.05, 0) is 102 Å². The molecule has 2 unspecified atom stereocenters. The monoisotopic (exact) mass is 653 g/mol. The Kier molecular flexibility index (Phi) is 7.06. The maximum atomic E-state index is 10.1. The van der Waals surface area contributed by atoms with E-state index in [1.54, 1.807) is 0 Å². The second-order valence-corrected chi connectivity index (χ2v) is 13.5. The molecule has 2 aliphatic rings. The standard InChI is InChI=1S/C46H31N5/c1-29-16-19-35(39-23-30(26-47)18-21-44(39)51-42-14-5-3-12-37(42)46-33(28-49)9-7-15-45(46)51)38(22-29)32-8-6-10-34(25-32)50-41-13-4-2-11-36(41)40-24-31(27-48)17-20-43(40)50/h2-15,17-23,25,29,31H,16,24H2,1H3. The fourth-order valence-corrected chi connectivity index (χ4v) is 8.14. The molecule has 5 heteroatoms. The smallest absolute Gasteiger partial charge is 0.0998 e. The Morgan fingerprint density at radius 3 is 2.27 bits per heavy atom. The molecular weight excluding hydrogens is 623 g/mol. The minimum atomic E-state index is -0.135. The first-order chi connectivity index (χ1) is 25.1. The number of nitrogens with zero attached hydrogens (tertiary/aromatic N) is 5. The van der Waals surface area contributed by atoms with Gasteiger partial charge < -0.3 is 9.13 Å². The molecule has 0 bridgehead atoms. The Labute approximate surface area is 296 Å². The van der Waals surface area contributed by atoms with E-state index >= 15 is 0 Å². The third kappa shape index (κ3) is 4.74. The lowest BCUT2D eigenvalue weighted by molar-refractivity contribution is 0.742. The van der Waals surface area contributed by atoms with Crippen molar-refractivity contribution in [2.24, 2.45) is 11.8 Å². The first kappa shape index (κ1) is 30.2. The molecule has 7 aromatic rings. The average molecular weight is 654 g/mol. The predicted octanol–water partition coefficient (Wildman–Crippen LogP) is 10.7. The van der Waals surface area contributed by atoms with Crippen molar-refractivity contribution in [1.29, 1.82) is 15.8 Å². The maximum Gasteiger partial charge on any atom is 0.0998 e. The molecule has 0 N–H and O–H groups in total. The zero-order valence-electron chi connectivity index (χ0n) is 28.0. The summed E-state index contributed by atoms with van der Waals surface area (Å²) in [6, 6.07) is 44.5. The van der Waals surface area contributed by atoms with Crippen molar-refractivity contribution in [3.05, 3.63) is 161 Å². The van der Waals surface area contributed by atoms with Gasteiger partial charge in [-0.2, -0.15) is 15.8 Å². The van der Waals surface area contributed by atoms with Crippen molar-refractivity contribution in [3.63, 3.8) is 0 Å². The molecule has 0 radical (unpaired) electrons.